The molecule has 6 heteroatoms. The van der Waals surface area contributed by atoms with E-state index < -0.39 is 22.6 Å². The van der Waals surface area contributed by atoms with Crippen molar-refractivity contribution in [1.29, 1.82) is 0 Å². The summed E-state index contributed by atoms with van der Waals surface area (Å²) in [4.78, 5) is 19.8. The molecule has 0 aliphatic carbocycles. The fourth-order valence-electron chi connectivity index (χ4n) is 1.15. The van der Waals surface area contributed by atoms with Gasteiger partial charge in [0.25, 0.3) is 12.1 Å². The van der Waals surface area contributed by atoms with Crippen molar-refractivity contribution < 1.29 is 18.5 Å². The van der Waals surface area contributed by atoms with Gasteiger partial charge < -0.3 is 4.79 Å². The smallest absolute Gasteiger partial charge is 0.270 e. The van der Waals surface area contributed by atoms with Crippen LogP contribution >= 0.6 is 0 Å². The van der Waals surface area contributed by atoms with Gasteiger partial charge in [0.15, 0.2) is 0 Å². The summed E-state index contributed by atoms with van der Waals surface area (Å²) in [6.07, 6.45) is -2.38. The van der Waals surface area contributed by atoms with Gasteiger partial charge in [-0.15, -0.1) is 0 Å². The van der Waals surface area contributed by atoms with Crippen LogP contribution in [-0.4, -0.2) is 11.2 Å². The molecule has 0 unspecified atom stereocenters. The van der Waals surface area contributed by atoms with Gasteiger partial charge in [-0.2, -0.15) is 0 Å². The summed E-state index contributed by atoms with van der Waals surface area (Å²) >= 11 is 0. The Hall–Kier alpha value is -1.85. The molecule has 0 saturated heterocycles. The zero-order chi connectivity index (χ0) is 11.4. The van der Waals surface area contributed by atoms with E-state index in [1.54, 1.807) is 0 Å². The molecule has 0 amide bonds. The number of nitro benzene ring substituents is 1. The molecular formula is C9H7F2NO3. The van der Waals surface area contributed by atoms with Crippen LogP contribution in [0.3, 0.4) is 0 Å². The quantitative estimate of drug-likeness (QED) is 0.439. The number of non-ortho nitro benzene ring substituents is 1. The van der Waals surface area contributed by atoms with Gasteiger partial charge in [-0.1, -0.05) is 0 Å². The number of benzene rings is 1. The maximum atomic E-state index is 12.3. The molecule has 1 rings (SSSR count). The lowest BCUT2D eigenvalue weighted by molar-refractivity contribution is -0.385. The van der Waals surface area contributed by atoms with E-state index in [1.165, 1.54) is 0 Å². The molecule has 0 N–H and O–H groups in total. The first-order chi connectivity index (χ1) is 7.04. The Kier molecular flexibility index (Phi) is 3.43. The van der Waals surface area contributed by atoms with Crippen LogP contribution in [0.25, 0.3) is 0 Å². The van der Waals surface area contributed by atoms with Gasteiger partial charge in [0.1, 0.15) is 6.29 Å². The minimum atomic E-state index is -2.78. The Balaban J connectivity index is 3.19. The zero-order valence-electron chi connectivity index (χ0n) is 7.52. The van der Waals surface area contributed by atoms with Crippen molar-refractivity contribution in [2.75, 3.05) is 0 Å². The van der Waals surface area contributed by atoms with Crippen LogP contribution in [-0.2, 0) is 11.2 Å². The molecule has 0 aromatic heterocycles. The molecule has 15 heavy (non-hydrogen) atoms. The van der Waals surface area contributed by atoms with Crippen LogP contribution in [0.2, 0.25) is 0 Å². The molecule has 0 radical (unpaired) electrons. The number of rotatable bonds is 4. The standard InChI is InChI=1S/C9H7F2NO3/c10-9(11)7-3-6(1-2-13)4-8(5-7)12(14)15/h2-5,9H,1H2. The Labute approximate surface area is 83.7 Å². The number of aldehydes is 1. The number of nitro groups is 1. The number of alkyl halides is 2. The molecule has 4 nitrogen and oxygen atoms in total. The first-order valence-corrected chi connectivity index (χ1v) is 4.04. The normalized spacial score (nSPS) is 10.3. The lowest BCUT2D eigenvalue weighted by Crippen LogP contribution is -1.95. The third-order valence-electron chi connectivity index (χ3n) is 1.78. The number of nitrogens with zero attached hydrogens (tertiary/aromatic N) is 1. The van der Waals surface area contributed by atoms with Gasteiger partial charge in [-0.05, 0) is 11.6 Å². The van der Waals surface area contributed by atoms with Gasteiger partial charge in [-0.25, -0.2) is 8.78 Å². The molecule has 0 saturated carbocycles. The Morgan fingerprint density at radius 1 is 1.40 bits per heavy atom. The number of carbonyl (C=O) groups excluding carboxylic acids is 1. The van der Waals surface area contributed by atoms with Crippen molar-refractivity contribution in [3.05, 3.63) is 39.4 Å². The van der Waals surface area contributed by atoms with Gasteiger partial charge >= 0.3 is 0 Å². The highest BCUT2D eigenvalue weighted by Gasteiger charge is 2.15. The van der Waals surface area contributed by atoms with Crippen molar-refractivity contribution in [2.45, 2.75) is 12.8 Å². The predicted octanol–water partition coefficient (Wildman–Crippen LogP) is 2.27. The third-order valence-corrected chi connectivity index (χ3v) is 1.78. The van der Waals surface area contributed by atoms with Crippen LogP contribution in [0.15, 0.2) is 18.2 Å². The van der Waals surface area contributed by atoms with Crippen LogP contribution in [0.1, 0.15) is 17.6 Å². The van der Waals surface area contributed by atoms with E-state index in [2.05, 4.69) is 0 Å². The van der Waals surface area contributed by atoms with Crippen molar-refractivity contribution >= 4 is 12.0 Å². The summed E-state index contributed by atoms with van der Waals surface area (Å²) in [5.74, 6) is 0. The van der Waals surface area contributed by atoms with Crippen molar-refractivity contribution in [3.63, 3.8) is 0 Å². The van der Waals surface area contributed by atoms with Gasteiger partial charge in [0, 0.05) is 24.1 Å². The first-order valence-electron chi connectivity index (χ1n) is 4.04. The molecule has 0 heterocycles. The lowest BCUT2D eigenvalue weighted by Gasteiger charge is -2.02. The molecular weight excluding hydrogens is 208 g/mol. The average Bonchev–Trinajstić information content (AvgIpc) is 2.17. The van der Waals surface area contributed by atoms with Gasteiger partial charge in [0.05, 0.1) is 4.92 Å². The van der Waals surface area contributed by atoms with Gasteiger partial charge in [0.2, 0.25) is 0 Å². The Morgan fingerprint density at radius 2 is 2.07 bits per heavy atom. The molecule has 1 aromatic rings. The highest BCUT2D eigenvalue weighted by molar-refractivity contribution is 5.56. The van der Waals surface area contributed by atoms with E-state index in [9.17, 15) is 23.7 Å². The fraction of sp³-hybridized carbons (Fsp3) is 0.222. The maximum absolute atomic E-state index is 12.3. The molecule has 1 aromatic carbocycles. The summed E-state index contributed by atoms with van der Waals surface area (Å²) in [5.41, 5.74) is -0.653. The second kappa shape index (κ2) is 4.59. The monoisotopic (exact) mass is 215 g/mol. The zero-order valence-corrected chi connectivity index (χ0v) is 7.52. The highest BCUT2D eigenvalue weighted by Crippen LogP contribution is 2.25. The summed E-state index contributed by atoms with van der Waals surface area (Å²) in [6.45, 7) is 0. The van der Waals surface area contributed by atoms with E-state index in [1.807, 2.05) is 0 Å². The van der Waals surface area contributed by atoms with E-state index in [0.29, 0.717) is 6.29 Å². The molecule has 0 fully saturated rings. The van der Waals surface area contributed by atoms with E-state index >= 15 is 0 Å². The summed E-state index contributed by atoms with van der Waals surface area (Å²) < 4.78 is 24.6. The highest BCUT2D eigenvalue weighted by atomic mass is 19.3. The summed E-state index contributed by atoms with van der Waals surface area (Å²) in [7, 11) is 0. The Bertz CT molecular complexity index is 393. The second-order valence-corrected chi connectivity index (χ2v) is 2.86. The third kappa shape index (κ3) is 2.80. The second-order valence-electron chi connectivity index (χ2n) is 2.86. The maximum Gasteiger partial charge on any atom is 0.270 e. The van der Waals surface area contributed by atoms with Crippen LogP contribution in [0, 0.1) is 10.1 Å². The van der Waals surface area contributed by atoms with Crippen molar-refractivity contribution in [3.8, 4) is 0 Å². The molecule has 0 atom stereocenters. The topological polar surface area (TPSA) is 60.2 Å². The largest absolute Gasteiger partial charge is 0.303 e. The van der Waals surface area contributed by atoms with Gasteiger partial charge in [-0.3, -0.25) is 10.1 Å². The first kappa shape index (κ1) is 11.2. The number of hydrogen-bond acceptors (Lipinski definition) is 3. The van der Waals surface area contributed by atoms with E-state index in [4.69, 9.17) is 0 Å². The number of hydrogen-bond donors (Lipinski definition) is 0. The van der Waals surface area contributed by atoms with Crippen molar-refractivity contribution in [1.82, 2.24) is 0 Å². The lowest BCUT2D eigenvalue weighted by atomic mass is 10.1. The minimum Gasteiger partial charge on any atom is -0.303 e. The molecule has 80 valence electrons. The fourth-order valence-corrected chi connectivity index (χ4v) is 1.15. The average molecular weight is 215 g/mol. The molecule has 0 aliphatic heterocycles. The van der Waals surface area contributed by atoms with Crippen LogP contribution in [0.5, 0.6) is 0 Å². The van der Waals surface area contributed by atoms with E-state index in [-0.39, 0.29) is 12.0 Å². The number of carbonyl (C=O) groups is 1. The molecule has 0 spiro atoms. The molecule has 0 aliphatic rings. The summed E-state index contributed by atoms with van der Waals surface area (Å²) in [5, 5.41) is 10.4. The molecule has 0 bridgehead atoms. The SMILES string of the molecule is O=CCc1cc(C(F)F)cc([N+](=O)[O-])c1. The number of halogens is 2. The van der Waals surface area contributed by atoms with E-state index in [0.717, 1.165) is 18.2 Å². The summed E-state index contributed by atoms with van der Waals surface area (Å²) in [6, 6.07) is 3.01. The predicted molar refractivity (Wildman–Crippen MR) is 47.8 cm³/mol. The van der Waals surface area contributed by atoms with Crippen LogP contribution in [0.4, 0.5) is 14.5 Å². The Morgan fingerprint density at radius 3 is 2.53 bits per heavy atom. The minimum absolute atomic E-state index is 0.110. The van der Waals surface area contributed by atoms with Crippen LogP contribution < -0.4 is 0 Å². The van der Waals surface area contributed by atoms with Crippen molar-refractivity contribution in [2.24, 2.45) is 0 Å².